The minimum atomic E-state index is -0.666. The Morgan fingerprint density at radius 1 is 0.900 bits per heavy atom. The molecular formula is C24H24N2O4. The largest absolute Gasteiger partial charge is 0.495 e. The standard InChI is InChI=1S/C24H24N2O4/c1-16-7-6-8-20(15-16)30-17(2)23(27)25-19-13-11-18(12-14-19)24(28)26-21-9-4-5-10-22(21)29-3/h4-15,17H,1-3H3,(H,25,27)(H,26,28). The van der Waals surface area contributed by atoms with Crippen molar-refractivity contribution < 1.29 is 19.1 Å². The van der Waals surface area contributed by atoms with Gasteiger partial charge in [0.15, 0.2) is 6.10 Å². The van der Waals surface area contributed by atoms with E-state index in [4.69, 9.17) is 9.47 Å². The molecule has 3 aromatic rings. The molecule has 3 rings (SSSR count). The van der Waals surface area contributed by atoms with Gasteiger partial charge >= 0.3 is 0 Å². The van der Waals surface area contributed by atoms with Crippen molar-refractivity contribution in [1.29, 1.82) is 0 Å². The third-order valence-electron chi connectivity index (χ3n) is 4.44. The monoisotopic (exact) mass is 404 g/mol. The number of hydrogen-bond donors (Lipinski definition) is 2. The van der Waals surface area contributed by atoms with Gasteiger partial charge in [0, 0.05) is 11.3 Å². The van der Waals surface area contributed by atoms with Crippen LogP contribution in [0.25, 0.3) is 0 Å². The summed E-state index contributed by atoms with van der Waals surface area (Å²) in [4.78, 5) is 24.9. The lowest BCUT2D eigenvalue weighted by Crippen LogP contribution is -2.30. The van der Waals surface area contributed by atoms with Crippen LogP contribution in [-0.2, 0) is 4.79 Å². The molecule has 0 heterocycles. The molecule has 0 aliphatic carbocycles. The fraction of sp³-hybridized carbons (Fsp3) is 0.167. The van der Waals surface area contributed by atoms with Gasteiger partial charge in [0.2, 0.25) is 0 Å². The van der Waals surface area contributed by atoms with Crippen molar-refractivity contribution >= 4 is 23.2 Å². The average molecular weight is 404 g/mol. The number of anilines is 2. The Balaban J connectivity index is 1.59. The van der Waals surface area contributed by atoms with Crippen molar-refractivity contribution in [2.24, 2.45) is 0 Å². The number of carbonyl (C=O) groups is 2. The number of para-hydroxylation sites is 2. The number of methoxy groups -OCH3 is 1. The summed E-state index contributed by atoms with van der Waals surface area (Å²) in [5.74, 6) is 0.676. The van der Waals surface area contributed by atoms with E-state index in [1.165, 1.54) is 0 Å². The molecule has 0 aliphatic rings. The van der Waals surface area contributed by atoms with Crippen LogP contribution >= 0.6 is 0 Å². The molecule has 2 amide bonds. The summed E-state index contributed by atoms with van der Waals surface area (Å²) >= 11 is 0. The van der Waals surface area contributed by atoms with Gasteiger partial charge in [-0.15, -0.1) is 0 Å². The minimum Gasteiger partial charge on any atom is -0.495 e. The van der Waals surface area contributed by atoms with Gasteiger partial charge in [-0.2, -0.15) is 0 Å². The first-order valence-electron chi connectivity index (χ1n) is 9.55. The maximum atomic E-state index is 12.5. The Morgan fingerprint density at radius 2 is 1.63 bits per heavy atom. The Bertz CT molecular complexity index is 1030. The summed E-state index contributed by atoms with van der Waals surface area (Å²) in [7, 11) is 1.55. The van der Waals surface area contributed by atoms with E-state index in [0.29, 0.717) is 28.4 Å². The zero-order chi connectivity index (χ0) is 21.5. The van der Waals surface area contributed by atoms with Crippen LogP contribution in [0, 0.1) is 6.92 Å². The molecule has 0 bridgehead atoms. The first kappa shape index (κ1) is 20.9. The van der Waals surface area contributed by atoms with E-state index in [1.807, 2.05) is 43.3 Å². The second-order valence-electron chi connectivity index (χ2n) is 6.80. The molecule has 30 heavy (non-hydrogen) atoms. The van der Waals surface area contributed by atoms with E-state index in [-0.39, 0.29) is 11.8 Å². The third kappa shape index (κ3) is 5.38. The Kier molecular flexibility index (Phi) is 6.70. The summed E-state index contributed by atoms with van der Waals surface area (Å²) in [5.41, 5.74) is 2.68. The zero-order valence-corrected chi connectivity index (χ0v) is 17.1. The highest BCUT2D eigenvalue weighted by Gasteiger charge is 2.15. The number of rotatable bonds is 7. The molecule has 0 aliphatic heterocycles. The van der Waals surface area contributed by atoms with Gasteiger partial charge in [0.25, 0.3) is 11.8 Å². The highest BCUT2D eigenvalue weighted by atomic mass is 16.5. The molecule has 2 N–H and O–H groups in total. The van der Waals surface area contributed by atoms with Gasteiger partial charge in [-0.25, -0.2) is 0 Å². The highest BCUT2D eigenvalue weighted by Crippen LogP contribution is 2.24. The molecule has 0 spiro atoms. The summed E-state index contributed by atoms with van der Waals surface area (Å²) in [5, 5.41) is 5.61. The molecule has 0 saturated heterocycles. The lowest BCUT2D eigenvalue weighted by atomic mass is 10.1. The van der Waals surface area contributed by atoms with Crippen LogP contribution in [0.3, 0.4) is 0 Å². The highest BCUT2D eigenvalue weighted by molar-refractivity contribution is 6.05. The van der Waals surface area contributed by atoms with Crippen molar-refractivity contribution in [2.45, 2.75) is 20.0 Å². The van der Waals surface area contributed by atoms with Gasteiger partial charge in [0.1, 0.15) is 11.5 Å². The van der Waals surface area contributed by atoms with Crippen LogP contribution < -0.4 is 20.1 Å². The second kappa shape index (κ2) is 9.60. The summed E-state index contributed by atoms with van der Waals surface area (Å²) < 4.78 is 10.9. The third-order valence-corrected chi connectivity index (χ3v) is 4.44. The molecule has 0 saturated carbocycles. The Morgan fingerprint density at radius 3 is 2.33 bits per heavy atom. The van der Waals surface area contributed by atoms with Crippen molar-refractivity contribution in [3.63, 3.8) is 0 Å². The van der Waals surface area contributed by atoms with Gasteiger partial charge in [0.05, 0.1) is 12.8 Å². The van der Waals surface area contributed by atoms with Crippen LogP contribution in [-0.4, -0.2) is 25.0 Å². The van der Waals surface area contributed by atoms with Gasteiger partial charge in [-0.3, -0.25) is 9.59 Å². The second-order valence-corrected chi connectivity index (χ2v) is 6.80. The molecule has 3 aromatic carbocycles. The SMILES string of the molecule is COc1ccccc1NC(=O)c1ccc(NC(=O)C(C)Oc2cccc(C)c2)cc1. The minimum absolute atomic E-state index is 0.270. The number of aryl methyl sites for hydroxylation is 1. The van der Waals surface area contributed by atoms with Crippen LogP contribution in [0.5, 0.6) is 11.5 Å². The van der Waals surface area contributed by atoms with E-state index in [2.05, 4.69) is 10.6 Å². The molecule has 0 radical (unpaired) electrons. The Hall–Kier alpha value is -3.80. The maximum Gasteiger partial charge on any atom is 0.265 e. The molecule has 1 unspecified atom stereocenters. The van der Waals surface area contributed by atoms with Gasteiger partial charge in [-0.05, 0) is 67.9 Å². The normalized spacial score (nSPS) is 11.3. The Labute approximate surface area is 175 Å². The molecule has 1 atom stereocenters. The number of hydrogen-bond acceptors (Lipinski definition) is 4. The number of benzene rings is 3. The van der Waals surface area contributed by atoms with E-state index in [0.717, 1.165) is 5.56 Å². The van der Waals surface area contributed by atoms with E-state index in [1.54, 1.807) is 50.4 Å². The van der Waals surface area contributed by atoms with Crippen molar-refractivity contribution in [1.82, 2.24) is 0 Å². The van der Waals surface area contributed by atoms with Gasteiger partial charge < -0.3 is 20.1 Å². The summed E-state index contributed by atoms with van der Waals surface area (Å²) in [6, 6.07) is 21.3. The maximum absolute atomic E-state index is 12.5. The number of amides is 2. The molecule has 0 aromatic heterocycles. The van der Waals surface area contributed by atoms with Crippen molar-refractivity contribution in [3.05, 3.63) is 83.9 Å². The fourth-order valence-electron chi connectivity index (χ4n) is 2.84. The molecule has 6 nitrogen and oxygen atoms in total. The van der Waals surface area contributed by atoms with Crippen LogP contribution in [0.1, 0.15) is 22.8 Å². The van der Waals surface area contributed by atoms with E-state index < -0.39 is 6.10 Å². The molecule has 154 valence electrons. The lowest BCUT2D eigenvalue weighted by molar-refractivity contribution is -0.122. The predicted octanol–water partition coefficient (Wildman–Crippen LogP) is 4.66. The molecule has 0 fully saturated rings. The number of ether oxygens (including phenoxy) is 2. The van der Waals surface area contributed by atoms with E-state index in [9.17, 15) is 9.59 Å². The van der Waals surface area contributed by atoms with Crippen LogP contribution in [0.15, 0.2) is 72.8 Å². The number of nitrogens with one attached hydrogen (secondary N) is 2. The predicted molar refractivity (Wildman–Crippen MR) is 117 cm³/mol. The first-order valence-corrected chi connectivity index (χ1v) is 9.55. The molecular weight excluding hydrogens is 380 g/mol. The van der Waals surface area contributed by atoms with Crippen LogP contribution in [0.2, 0.25) is 0 Å². The average Bonchev–Trinajstić information content (AvgIpc) is 2.74. The van der Waals surface area contributed by atoms with Crippen LogP contribution in [0.4, 0.5) is 11.4 Å². The van der Waals surface area contributed by atoms with Crippen molar-refractivity contribution in [3.8, 4) is 11.5 Å². The number of carbonyl (C=O) groups excluding carboxylic acids is 2. The topological polar surface area (TPSA) is 76.7 Å². The summed E-state index contributed by atoms with van der Waals surface area (Å²) in [6.45, 7) is 3.65. The first-order chi connectivity index (χ1) is 14.5. The lowest BCUT2D eigenvalue weighted by Gasteiger charge is -2.15. The van der Waals surface area contributed by atoms with Gasteiger partial charge in [-0.1, -0.05) is 24.3 Å². The van der Waals surface area contributed by atoms with E-state index >= 15 is 0 Å². The fourth-order valence-corrected chi connectivity index (χ4v) is 2.84. The summed E-state index contributed by atoms with van der Waals surface area (Å²) in [6.07, 6.45) is -0.666. The van der Waals surface area contributed by atoms with Crippen molar-refractivity contribution in [2.75, 3.05) is 17.7 Å². The quantitative estimate of drug-likeness (QED) is 0.600. The molecule has 6 heteroatoms. The smallest absolute Gasteiger partial charge is 0.265 e. The zero-order valence-electron chi connectivity index (χ0n) is 17.1.